The van der Waals surface area contributed by atoms with Crippen molar-refractivity contribution in [3.63, 3.8) is 0 Å². The first-order chi connectivity index (χ1) is 12.1. The van der Waals surface area contributed by atoms with Crippen LogP contribution >= 0.6 is 0 Å². The van der Waals surface area contributed by atoms with Gasteiger partial charge in [-0.2, -0.15) is 0 Å². The third-order valence-corrected chi connectivity index (χ3v) is 5.62. The van der Waals surface area contributed by atoms with E-state index in [4.69, 9.17) is 14.2 Å². The smallest absolute Gasteiger partial charge is 0.339 e. The number of carboxylic acid groups (broad SMARTS) is 1. The molecule has 0 bridgehead atoms. The lowest BCUT2D eigenvalue weighted by molar-refractivity contribution is -0.197. The lowest BCUT2D eigenvalue weighted by Gasteiger charge is -2.43. The second-order valence-corrected chi connectivity index (χ2v) is 7.44. The molecule has 3 heterocycles. The Labute approximate surface area is 148 Å². The minimum atomic E-state index is -0.961. The second-order valence-electron chi connectivity index (χ2n) is 7.44. The minimum absolute atomic E-state index is 0.128. The third kappa shape index (κ3) is 3.04. The Morgan fingerprint density at radius 2 is 2.24 bits per heavy atom. The van der Waals surface area contributed by atoms with Crippen molar-refractivity contribution in [1.29, 1.82) is 0 Å². The zero-order valence-corrected chi connectivity index (χ0v) is 14.8. The highest BCUT2D eigenvalue weighted by Crippen LogP contribution is 2.51. The van der Waals surface area contributed by atoms with E-state index in [0.717, 1.165) is 31.2 Å². The van der Waals surface area contributed by atoms with E-state index in [2.05, 4.69) is 6.92 Å². The highest BCUT2D eigenvalue weighted by atomic mass is 16.7. The Balaban J connectivity index is 1.69. The molecular formula is C20H26O5. The summed E-state index contributed by atoms with van der Waals surface area (Å²) in [5.41, 5.74) is 2.32. The Morgan fingerprint density at radius 3 is 2.96 bits per heavy atom. The van der Waals surface area contributed by atoms with Gasteiger partial charge in [-0.25, -0.2) is 4.79 Å². The molecule has 25 heavy (non-hydrogen) atoms. The number of carboxylic acids is 1. The van der Waals surface area contributed by atoms with Crippen LogP contribution in [0.4, 0.5) is 0 Å². The Hall–Kier alpha value is -1.59. The van der Waals surface area contributed by atoms with Crippen molar-refractivity contribution in [1.82, 2.24) is 0 Å². The molecule has 0 amide bonds. The van der Waals surface area contributed by atoms with Crippen molar-refractivity contribution >= 4 is 5.97 Å². The monoisotopic (exact) mass is 346 g/mol. The maximum Gasteiger partial charge on any atom is 0.339 e. The van der Waals surface area contributed by atoms with Gasteiger partial charge in [0.1, 0.15) is 11.3 Å². The van der Waals surface area contributed by atoms with Crippen molar-refractivity contribution in [3.8, 4) is 5.75 Å². The molecule has 1 aromatic rings. The standard InChI is InChI=1S/C20H26O5/c1-2-3-4-6-14-11-13-7-8-15(19(21)22)18-17(13)16(24-14)12-20(25-18)9-5-10-23-20/h7-8,14,16H,2-6,9-12H2,1H3,(H,21,22)/t14-,16+,20-/m1/s1. The number of hydrogen-bond donors (Lipinski definition) is 1. The summed E-state index contributed by atoms with van der Waals surface area (Å²) in [6, 6.07) is 3.62. The Bertz CT molecular complexity index is 662. The highest BCUT2D eigenvalue weighted by Gasteiger charge is 2.48. The summed E-state index contributed by atoms with van der Waals surface area (Å²) < 4.78 is 18.5. The number of rotatable bonds is 5. The molecule has 1 fully saturated rings. The fraction of sp³-hybridized carbons (Fsp3) is 0.650. The van der Waals surface area contributed by atoms with E-state index in [-0.39, 0.29) is 17.8 Å². The average molecular weight is 346 g/mol. The quantitative estimate of drug-likeness (QED) is 0.808. The molecule has 1 N–H and O–H groups in total. The van der Waals surface area contributed by atoms with Gasteiger partial charge in [-0.05, 0) is 30.9 Å². The van der Waals surface area contributed by atoms with Crippen LogP contribution in [0.15, 0.2) is 12.1 Å². The fourth-order valence-corrected chi connectivity index (χ4v) is 4.41. The summed E-state index contributed by atoms with van der Waals surface area (Å²) in [4.78, 5) is 11.7. The molecule has 3 aliphatic heterocycles. The molecule has 1 spiro atoms. The SMILES string of the molecule is CCCCC[C@@H]1Cc2ccc(C(=O)O)c3c2[C@H](C[C@@]2(CCCO2)O3)O1. The van der Waals surface area contributed by atoms with Gasteiger partial charge in [0.05, 0.1) is 18.8 Å². The first kappa shape index (κ1) is 16.9. The number of aromatic carboxylic acids is 1. The summed E-state index contributed by atoms with van der Waals surface area (Å²) in [6.07, 6.45) is 7.91. The van der Waals surface area contributed by atoms with Gasteiger partial charge in [-0.3, -0.25) is 0 Å². The summed E-state index contributed by atoms with van der Waals surface area (Å²) >= 11 is 0. The predicted octanol–water partition coefficient (Wildman–Crippen LogP) is 4.24. The van der Waals surface area contributed by atoms with Crippen molar-refractivity contribution in [2.75, 3.05) is 6.61 Å². The van der Waals surface area contributed by atoms with E-state index < -0.39 is 11.8 Å². The topological polar surface area (TPSA) is 65.0 Å². The van der Waals surface area contributed by atoms with Gasteiger partial charge < -0.3 is 19.3 Å². The molecule has 136 valence electrons. The van der Waals surface area contributed by atoms with E-state index >= 15 is 0 Å². The van der Waals surface area contributed by atoms with Gasteiger partial charge >= 0.3 is 5.97 Å². The summed E-state index contributed by atoms with van der Waals surface area (Å²) in [5, 5.41) is 9.57. The van der Waals surface area contributed by atoms with Gasteiger partial charge in [0.2, 0.25) is 5.79 Å². The minimum Gasteiger partial charge on any atom is -0.478 e. The van der Waals surface area contributed by atoms with Crippen LogP contribution in [-0.2, 0) is 15.9 Å². The first-order valence-electron chi connectivity index (χ1n) is 9.49. The second kappa shape index (κ2) is 6.61. The lowest BCUT2D eigenvalue weighted by Crippen LogP contribution is -2.44. The predicted molar refractivity (Wildman–Crippen MR) is 92.0 cm³/mol. The van der Waals surface area contributed by atoms with E-state index in [0.29, 0.717) is 18.8 Å². The molecule has 0 saturated carbocycles. The average Bonchev–Trinajstić information content (AvgIpc) is 3.02. The molecule has 3 atom stereocenters. The van der Waals surface area contributed by atoms with Crippen LogP contribution in [0.3, 0.4) is 0 Å². The summed E-state index contributed by atoms with van der Waals surface area (Å²) in [7, 11) is 0. The van der Waals surface area contributed by atoms with Gasteiger partial charge in [-0.1, -0.05) is 32.3 Å². The van der Waals surface area contributed by atoms with Crippen LogP contribution in [0.5, 0.6) is 5.75 Å². The molecule has 5 nitrogen and oxygen atoms in total. The molecule has 0 aromatic heterocycles. The molecule has 0 radical (unpaired) electrons. The first-order valence-corrected chi connectivity index (χ1v) is 9.49. The van der Waals surface area contributed by atoms with Crippen LogP contribution < -0.4 is 4.74 Å². The summed E-state index contributed by atoms with van der Waals surface area (Å²) in [6.45, 7) is 2.86. The number of carbonyl (C=O) groups is 1. The molecule has 0 aliphatic carbocycles. The van der Waals surface area contributed by atoms with Gasteiger partial charge in [0, 0.05) is 18.4 Å². The van der Waals surface area contributed by atoms with Gasteiger partial charge in [0.15, 0.2) is 0 Å². The van der Waals surface area contributed by atoms with Crippen molar-refractivity contribution in [2.45, 2.75) is 76.3 Å². The number of hydrogen-bond acceptors (Lipinski definition) is 4. The number of ether oxygens (including phenoxy) is 3. The van der Waals surface area contributed by atoms with Crippen LogP contribution in [0.2, 0.25) is 0 Å². The molecule has 4 rings (SSSR count). The van der Waals surface area contributed by atoms with Gasteiger partial charge in [-0.15, -0.1) is 0 Å². The molecule has 1 saturated heterocycles. The van der Waals surface area contributed by atoms with Crippen LogP contribution in [0, 0.1) is 0 Å². The third-order valence-electron chi connectivity index (χ3n) is 5.62. The van der Waals surface area contributed by atoms with Crippen molar-refractivity contribution in [2.24, 2.45) is 0 Å². The lowest BCUT2D eigenvalue weighted by atomic mass is 9.84. The summed E-state index contributed by atoms with van der Waals surface area (Å²) in [5.74, 6) is -1.21. The van der Waals surface area contributed by atoms with Gasteiger partial charge in [0.25, 0.3) is 0 Å². The molecule has 5 heteroatoms. The molecule has 0 unspecified atom stereocenters. The zero-order valence-electron chi connectivity index (χ0n) is 14.8. The van der Waals surface area contributed by atoms with E-state index in [9.17, 15) is 9.90 Å². The molecular weight excluding hydrogens is 320 g/mol. The molecule has 3 aliphatic rings. The van der Waals surface area contributed by atoms with E-state index in [1.54, 1.807) is 6.07 Å². The van der Waals surface area contributed by atoms with Crippen LogP contribution in [0.1, 0.15) is 79.5 Å². The Kier molecular flexibility index (Phi) is 4.46. The largest absolute Gasteiger partial charge is 0.478 e. The van der Waals surface area contributed by atoms with Crippen molar-refractivity contribution in [3.05, 3.63) is 28.8 Å². The fourth-order valence-electron chi connectivity index (χ4n) is 4.41. The van der Waals surface area contributed by atoms with E-state index in [1.165, 1.54) is 24.8 Å². The van der Waals surface area contributed by atoms with Crippen LogP contribution in [0.25, 0.3) is 0 Å². The number of benzene rings is 1. The molecule has 1 aromatic carbocycles. The zero-order chi connectivity index (χ0) is 17.4. The number of unbranched alkanes of at least 4 members (excludes halogenated alkanes) is 2. The highest BCUT2D eigenvalue weighted by molar-refractivity contribution is 5.92. The normalized spacial score (nSPS) is 30.1. The van der Waals surface area contributed by atoms with Crippen molar-refractivity contribution < 1.29 is 24.1 Å². The Morgan fingerprint density at radius 1 is 1.36 bits per heavy atom. The maximum absolute atomic E-state index is 11.7. The van der Waals surface area contributed by atoms with E-state index in [1.807, 2.05) is 6.07 Å². The maximum atomic E-state index is 11.7. The van der Waals surface area contributed by atoms with Crippen LogP contribution in [-0.4, -0.2) is 29.6 Å².